The highest BCUT2D eigenvalue weighted by molar-refractivity contribution is 6.22. The average Bonchev–Trinajstić information content (AvgIpc) is 2.79. The van der Waals surface area contributed by atoms with Crippen LogP contribution in [-0.4, -0.2) is 70.5 Å². The number of nitrogens with two attached hydrogens (primary N) is 1. The Morgan fingerprint density at radius 2 is 1.65 bits per heavy atom. The van der Waals surface area contributed by atoms with Gasteiger partial charge in [-0.25, -0.2) is 0 Å². The summed E-state index contributed by atoms with van der Waals surface area (Å²) in [4.78, 5) is 36.9. The zero-order valence-corrected chi connectivity index (χ0v) is 19.6. The Morgan fingerprint density at radius 3 is 2.21 bits per heavy atom. The van der Waals surface area contributed by atoms with Crippen molar-refractivity contribution >= 4 is 29.5 Å². The molecule has 1 aliphatic heterocycles. The highest BCUT2D eigenvalue weighted by Crippen LogP contribution is 2.32. The predicted molar refractivity (Wildman–Crippen MR) is 118 cm³/mol. The molecule has 0 radical (unpaired) electrons. The van der Waals surface area contributed by atoms with Gasteiger partial charge in [0.05, 0.1) is 12.0 Å². The predicted octanol–water partition coefficient (Wildman–Crippen LogP) is 1.39. The third-order valence-electron chi connectivity index (χ3n) is 4.98. The lowest BCUT2D eigenvalue weighted by molar-refractivity contribution is -0.273. The first-order valence-electron chi connectivity index (χ1n) is 10.9. The number of phenolic OH excluding ortho intramolecular Hbond substituents is 2. The molecule has 0 aliphatic carbocycles. The van der Waals surface area contributed by atoms with E-state index in [4.69, 9.17) is 36.3 Å². The second-order valence-corrected chi connectivity index (χ2v) is 8.26. The summed E-state index contributed by atoms with van der Waals surface area (Å²) < 4.78 is 21.3. The number of hydrogen-bond donors (Lipinski definition) is 4. The first kappa shape index (κ1) is 27.6. The van der Waals surface area contributed by atoms with E-state index < -0.39 is 59.7 Å². The van der Waals surface area contributed by atoms with Crippen molar-refractivity contribution in [1.29, 1.82) is 0 Å². The normalized spacial score (nSPS) is 24.0. The molecule has 11 nitrogen and oxygen atoms in total. The molecule has 1 saturated heterocycles. The highest BCUT2D eigenvalue weighted by Gasteiger charge is 2.47. The van der Waals surface area contributed by atoms with Crippen LogP contribution in [-0.2, 0) is 33.3 Å². The Hall–Kier alpha value is -2.60. The van der Waals surface area contributed by atoms with Crippen molar-refractivity contribution in [2.45, 2.75) is 75.6 Å². The summed E-state index contributed by atoms with van der Waals surface area (Å²) in [6, 6.07) is 2.24. The molecule has 0 aromatic heterocycles. The smallest absolute Gasteiger partial charge is 0.327 e. The zero-order valence-electron chi connectivity index (χ0n) is 18.9. The van der Waals surface area contributed by atoms with Gasteiger partial charge in [0.1, 0.15) is 12.1 Å². The van der Waals surface area contributed by atoms with Crippen LogP contribution in [0.5, 0.6) is 11.5 Å². The number of aliphatic hydroxyl groups excluding tert-OH is 1. The van der Waals surface area contributed by atoms with Crippen LogP contribution in [0.3, 0.4) is 0 Å². The highest BCUT2D eigenvalue weighted by atomic mass is 35.5. The molecule has 2 unspecified atom stereocenters. The van der Waals surface area contributed by atoms with Gasteiger partial charge in [-0.15, -0.1) is 11.6 Å². The maximum absolute atomic E-state index is 12.7. The average molecular weight is 504 g/mol. The van der Waals surface area contributed by atoms with Crippen LogP contribution in [0.2, 0.25) is 0 Å². The third-order valence-corrected chi connectivity index (χ3v) is 5.51. The van der Waals surface area contributed by atoms with E-state index in [0.717, 1.165) is 6.07 Å². The fourth-order valence-electron chi connectivity index (χ4n) is 3.19. The van der Waals surface area contributed by atoms with E-state index in [1.165, 1.54) is 12.1 Å². The number of ether oxygens (including phenoxy) is 4. The summed E-state index contributed by atoms with van der Waals surface area (Å²) in [5.41, 5.74) is 6.16. The molecule has 1 aromatic carbocycles. The van der Waals surface area contributed by atoms with E-state index in [9.17, 15) is 29.7 Å². The van der Waals surface area contributed by atoms with Gasteiger partial charge in [-0.3, -0.25) is 14.4 Å². The molecule has 0 saturated carbocycles. The number of halogens is 1. The number of benzene rings is 1. The van der Waals surface area contributed by atoms with E-state index in [1.54, 1.807) is 13.8 Å². The van der Waals surface area contributed by atoms with Crippen LogP contribution in [0.4, 0.5) is 0 Å². The monoisotopic (exact) mass is 503 g/mol. The van der Waals surface area contributed by atoms with E-state index in [2.05, 4.69) is 0 Å². The van der Waals surface area contributed by atoms with Crippen molar-refractivity contribution in [3.8, 4) is 11.5 Å². The minimum absolute atomic E-state index is 0.0382. The quantitative estimate of drug-likeness (QED) is 0.157. The molecule has 1 aromatic rings. The van der Waals surface area contributed by atoms with Gasteiger partial charge in [-0.1, -0.05) is 19.9 Å². The van der Waals surface area contributed by atoms with E-state index in [0.29, 0.717) is 12.8 Å². The molecule has 5 N–H and O–H groups in total. The molecule has 12 heteroatoms. The Morgan fingerprint density at radius 1 is 1.06 bits per heavy atom. The number of rotatable bonds is 10. The van der Waals surface area contributed by atoms with E-state index in [-0.39, 0.29) is 30.8 Å². The Balaban J connectivity index is 2.19. The Kier molecular flexibility index (Phi) is 10.4. The zero-order chi connectivity index (χ0) is 25.4. The number of carbonyl (C=O) groups is 3. The van der Waals surface area contributed by atoms with Crippen LogP contribution in [0, 0.1) is 0 Å². The van der Waals surface area contributed by atoms with Gasteiger partial charge in [0.15, 0.2) is 17.6 Å². The number of hydrogen-bond acceptors (Lipinski definition) is 11. The summed E-state index contributed by atoms with van der Waals surface area (Å²) in [5, 5.41) is 28.3. The minimum atomic E-state index is -1.53. The maximum atomic E-state index is 12.7. The molecular weight excluding hydrogens is 474 g/mol. The second-order valence-electron chi connectivity index (χ2n) is 7.79. The second kappa shape index (κ2) is 12.7. The van der Waals surface area contributed by atoms with Gasteiger partial charge < -0.3 is 40.0 Å². The van der Waals surface area contributed by atoms with Gasteiger partial charge in [-0.2, -0.15) is 0 Å². The molecule has 0 bridgehead atoms. The number of aliphatic hydroxyl groups is 1. The van der Waals surface area contributed by atoms with E-state index >= 15 is 0 Å². The van der Waals surface area contributed by atoms with E-state index in [1.807, 2.05) is 0 Å². The first-order chi connectivity index (χ1) is 16.1. The van der Waals surface area contributed by atoms with Crippen molar-refractivity contribution in [2.24, 2.45) is 5.73 Å². The Bertz CT molecular complexity index is 866. The molecular formula is C22H30ClNO10. The lowest BCUT2D eigenvalue weighted by atomic mass is 10.0. The molecule has 0 spiro atoms. The fourth-order valence-corrected chi connectivity index (χ4v) is 3.43. The van der Waals surface area contributed by atoms with Crippen molar-refractivity contribution in [1.82, 2.24) is 0 Å². The SMILES string of the molecule is CCCC(=O)O[C@H]1[C@H](O)COC(OC(=O)[C@@H](N)C(Cl)c2ccc(O)c(O)c2)[C@@H]1OC(=O)CCC. The molecule has 34 heavy (non-hydrogen) atoms. The molecule has 0 amide bonds. The summed E-state index contributed by atoms with van der Waals surface area (Å²) in [7, 11) is 0. The molecule has 1 aliphatic rings. The Labute approximate surface area is 201 Å². The van der Waals surface area contributed by atoms with Crippen LogP contribution in [0.1, 0.15) is 50.5 Å². The van der Waals surface area contributed by atoms with Gasteiger partial charge in [0, 0.05) is 12.8 Å². The molecule has 2 rings (SSSR count). The standard InChI is InChI=1S/C22H30ClNO10/c1-3-5-15(28)32-19-14(27)10-31-22(20(19)33-16(29)6-4-2)34-21(30)18(24)17(23)11-7-8-12(25)13(26)9-11/h7-9,14,17-20,22,25-27H,3-6,10,24H2,1-2H3/t14-,17?,18+,19+,20-,22?/m1/s1. The van der Waals surface area contributed by atoms with Crippen molar-refractivity contribution < 1.29 is 48.7 Å². The number of aromatic hydroxyl groups is 2. The topological polar surface area (TPSA) is 175 Å². The molecule has 1 heterocycles. The number of phenols is 2. The van der Waals surface area contributed by atoms with Crippen molar-refractivity contribution in [2.75, 3.05) is 6.61 Å². The molecule has 6 atom stereocenters. The number of carbonyl (C=O) groups excluding carboxylic acids is 3. The summed E-state index contributed by atoms with van der Waals surface area (Å²) >= 11 is 6.26. The van der Waals surface area contributed by atoms with Gasteiger partial charge >= 0.3 is 17.9 Å². The summed E-state index contributed by atoms with van der Waals surface area (Å²) in [6.45, 7) is 3.16. The first-order valence-corrected chi connectivity index (χ1v) is 11.3. The van der Waals surface area contributed by atoms with Crippen molar-refractivity contribution in [3.05, 3.63) is 23.8 Å². The maximum Gasteiger partial charge on any atom is 0.327 e. The molecule has 1 fully saturated rings. The van der Waals surface area contributed by atoms with Gasteiger partial charge in [-0.05, 0) is 30.5 Å². The number of alkyl halides is 1. The lowest BCUT2D eigenvalue weighted by Gasteiger charge is -2.39. The van der Waals surface area contributed by atoms with Crippen LogP contribution >= 0.6 is 11.6 Å². The minimum Gasteiger partial charge on any atom is -0.504 e. The van der Waals surface area contributed by atoms with Crippen LogP contribution in [0.25, 0.3) is 0 Å². The molecule has 190 valence electrons. The summed E-state index contributed by atoms with van der Waals surface area (Å²) in [5.74, 6) is -3.16. The number of esters is 3. The van der Waals surface area contributed by atoms with Crippen LogP contribution in [0.15, 0.2) is 18.2 Å². The van der Waals surface area contributed by atoms with Crippen LogP contribution < -0.4 is 5.73 Å². The fraction of sp³-hybridized carbons (Fsp3) is 0.591. The largest absolute Gasteiger partial charge is 0.504 e. The lowest BCUT2D eigenvalue weighted by Crippen LogP contribution is -2.58. The van der Waals surface area contributed by atoms with Crippen molar-refractivity contribution in [3.63, 3.8) is 0 Å². The third kappa shape index (κ3) is 7.20. The summed E-state index contributed by atoms with van der Waals surface area (Å²) in [6.07, 6.45) is -4.55. The van der Waals surface area contributed by atoms with Gasteiger partial charge in [0.2, 0.25) is 12.4 Å². The van der Waals surface area contributed by atoms with Gasteiger partial charge in [0.25, 0.3) is 0 Å².